The van der Waals surface area contributed by atoms with E-state index in [9.17, 15) is 8.78 Å². The summed E-state index contributed by atoms with van der Waals surface area (Å²) in [5.41, 5.74) is 1.12. The van der Waals surface area contributed by atoms with Gasteiger partial charge in [-0.05, 0) is 80.8 Å². The van der Waals surface area contributed by atoms with Crippen LogP contribution in [0.15, 0.2) is 12.1 Å². The fourth-order valence-electron chi connectivity index (χ4n) is 6.30. The predicted octanol–water partition coefficient (Wildman–Crippen LogP) is 8.63. The van der Waals surface area contributed by atoms with Gasteiger partial charge in [0.1, 0.15) is 0 Å². The fourth-order valence-corrected chi connectivity index (χ4v) is 6.30. The van der Waals surface area contributed by atoms with Crippen LogP contribution >= 0.6 is 0 Å². The zero-order chi connectivity index (χ0) is 21.4. The molecule has 0 radical (unpaired) electrons. The minimum atomic E-state index is -0.829. The largest absolute Gasteiger partial charge is 0.491 e. The Morgan fingerprint density at radius 3 is 2.33 bits per heavy atom. The van der Waals surface area contributed by atoms with Gasteiger partial charge >= 0.3 is 0 Å². The van der Waals surface area contributed by atoms with E-state index >= 15 is 0 Å². The van der Waals surface area contributed by atoms with Crippen LogP contribution in [-0.2, 0) is 6.42 Å². The number of hydrogen-bond acceptors (Lipinski definition) is 1. The van der Waals surface area contributed by atoms with E-state index < -0.39 is 11.6 Å². The van der Waals surface area contributed by atoms with Gasteiger partial charge in [0.25, 0.3) is 0 Å². The number of hydrogen-bond donors (Lipinski definition) is 0. The minimum absolute atomic E-state index is 0.0279. The summed E-state index contributed by atoms with van der Waals surface area (Å²) < 4.78 is 33.7. The highest BCUT2D eigenvalue weighted by Gasteiger charge is 2.40. The van der Waals surface area contributed by atoms with Crippen molar-refractivity contribution in [2.75, 3.05) is 6.61 Å². The Labute approximate surface area is 183 Å². The van der Waals surface area contributed by atoms with E-state index in [1.807, 2.05) is 0 Å². The quantitative estimate of drug-likeness (QED) is 0.344. The summed E-state index contributed by atoms with van der Waals surface area (Å²) in [6.45, 7) is 4.43. The average Bonchev–Trinajstić information content (AvgIpc) is 2.78. The molecule has 30 heavy (non-hydrogen) atoms. The Hall–Kier alpha value is -1.12. The van der Waals surface area contributed by atoms with Crippen LogP contribution in [0.25, 0.3) is 0 Å². The molecule has 2 saturated carbocycles. The molecule has 0 heterocycles. The lowest BCUT2D eigenvalue weighted by atomic mass is 9.58. The fraction of sp³-hybridized carbons (Fsp3) is 0.778. The van der Waals surface area contributed by atoms with Gasteiger partial charge in [-0.2, -0.15) is 4.39 Å². The van der Waals surface area contributed by atoms with Crippen molar-refractivity contribution in [2.24, 2.45) is 17.3 Å². The van der Waals surface area contributed by atoms with Crippen LogP contribution in [0.1, 0.15) is 109 Å². The molecule has 1 aromatic carbocycles. The van der Waals surface area contributed by atoms with Gasteiger partial charge < -0.3 is 4.74 Å². The third-order valence-electron chi connectivity index (χ3n) is 8.09. The van der Waals surface area contributed by atoms with Crippen LogP contribution in [0.4, 0.5) is 8.78 Å². The summed E-state index contributed by atoms with van der Waals surface area (Å²) in [5, 5.41) is 0. The zero-order valence-corrected chi connectivity index (χ0v) is 19.3. The lowest BCUT2D eigenvalue weighted by Gasteiger charge is -2.47. The van der Waals surface area contributed by atoms with E-state index in [1.165, 1.54) is 83.5 Å². The molecule has 3 heteroatoms. The third-order valence-corrected chi connectivity index (χ3v) is 8.09. The summed E-state index contributed by atoms with van der Waals surface area (Å²) in [5.74, 6) is 0.0355. The number of aryl methyl sites for hydroxylation is 1. The van der Waals surface area contributed by atoms with Crippen molar-refractivity contribution in [3.05, 3.63) is 29.3 Å². The van der Waals surface area contributed by atoms with Crippen molar-refractivity contribution >= 4 is 0 Å². The van der Waals surface area contributed by atoms with E-state index in [-0.39, 0.29) is 5.75 Å². The van der Waals surface area contributed by atoms with Gasteiger partial charge in [0.15, 0.2) is 11.6 Å². The molecule has 1 nitrogen and oxygen atoms in total. The maximum Gasteiger partial charge on any atom is 0.200 e. The number of ether oxygens (including phenoxy) is 1. The molecule has 0 atom stereocenters. The molecule has 0 spiro atoms. The van der Waals surface area contributed by atoms with Crippen molar-refractivity contribution in [3.8, 4) is 5.75 Å². The molecule has 2 aliphatic carbocycles. The summed E-state index contributed by atoms with van der Waals surface area (Å²) in [4.78, 5) is 0. The molecule has 0 unspecified atom stereocenters. The highest BCUT2D eigenvalue weighted by atomic mass is 19.2. The van der Waals surface area contributed by atoms with Crippen LogP contribution in [-0.4, -0.2) is 6.61 Å². The number of benzene rings is 1. The Morgan fingerprint density at radius 1 is 0.933 bits per heavy atom. The molecule has 2 aliphatic rings. The predicted molar refractivity (Wildman–Crippen MR) is 121 cm³/mol. The minimum Gasteiger partial charge on any atom is -0.491 e. The van der Waals surface area contributed by atoms with Gasteiger partial charge in [0.05, 0.1) is 6.61 Å². The van der Waals surface area contributed by atoms with Crippen molar-refractivity contribution < 1.29 is 13.5 Å². The van der Waals surface area contributed by atoms with E-state index in [1.54, 1.807) is 19.1 Å². The number of unbranched alkanes of at least 4 members (excludes halogenated alkanes) is 2. The standard InChI is InChI=1S/C27H42F2O/c1-3-5-7-18-27(19-8-6-9-20-27)23-15-11-21(12-16-23)10-13-22-14-17-24(30-4-2)26(29)25(22)28/h14,17,21,23H,3-13,15-16,18-20H2,1-2H3. The molecular weight excluding hydrogens is 378 g/mol. The van der Waals surface area contributed by atoms with Gasteiger partial charge in [0.2, 0.25) is 5.82 Å². The first-order valence-electron chi connectivity index (χ1n) is 12.7. The Bertz CT molecular complexity index is 643. The molecule has 2 fully saturated rings. The monoisotopic (exact) mass is 420 g/mol. The second kappa shape index (κ2) is 11.5. The molecule has 0 bridgehead atoms. The highest BCUT2D eigenvalue weighted by molar-refractivity contribution is 5.31. The maximum atomic E-state index is 14.4. The Morgan fingerprint density at radius 2 is 1.67 bits per heavy atom. The summed E-state index contributed by atoms with van der Waals surface area (Å²) in [6.07, 6.45) is 19.5. The van der Waals surface area contributed by atoms with Crippen molar-refractivity contribution in [2.45, 2.75) is 110 Å². The molecule has 0 N–H and O–H groups in total. The second-order valence-corrected chi connectivity index (χ2v) is 9.92. The van der Waals surface area contributed by atoms with E-state index in [4.69, 9.17) is 4.74 Å². The van der Waals surface area contributed by atoms with Crippen molar-refractivity contribution in [1.82, 2.24) is 0 Å². The SMILES string of the molecule is CCCCCC1(C2CCC(CCc3ccc(OCC)c(F)c3F)CC2)CCCCC1. The Kier molecular flexibility index (Phi) is 9.01. The highest BCUT2D eigenvalue weighted by Crippen LogP contribution is 2.52. The normalized spacial score (nSPS) is 24.0. The first kappa shape index (κ1) is 23.5. The topological polar surface area (TPSA) is 9.23 Å². The average molecular weight is 421 g/mol. The lowest BCUT2D eigenvalue weighted by Crippen LogP contribution is -2.35. The number of halogens is 2. The summed E-state index contributed by atoms with van der Waals surface area (Å²) in [7, 11) is 0. The first-order chi connectivity index (χ1) is 14.6. The smallest absolute Gasteiger partial charge is 0.200 e. The first-order valence-corrected chi connectivity index (χ1v) is 12.7. The second-order valence-electron chi connectivity index (χ2n) is 9.92. The van der Waals surface area contributed by atoms with Gasteiger partial charge in [-0.25, -0.2) is 4.39 Å². The van der Waals surface area contributed by atoms with E-state index in [0.29, 0.717) is 29.9 Å². The van der Waals surface area contributed by atoms with Crippen LogP contribution in [0, 0.1) is 28.9 Å². The lowest BCUT2D eigenvalue weighted by molar-refractivity contribution is 0.0427. The van der Waals surface area contributed by atoms with Crippen molar-refractivity contribution in [1.29, 1.82) is 0 Å². The molecule has 3 rings (SSSR count). The van der Waals surface area contributed by atoms with Crippen molar-refractivity contribution in [3.63, 3.8) is 0 Å². The van der Waals surface area contributed by atoms with Crippen LogP contribution in [0.5, 0.6) is 5.75 Å². The van der Waals surface area contributed by atoms with Crippen LogP contribution < -0.4 is 4.74 Å². The van der Waals surface area contributed by atoms with Crippen LogP contribution in [0.3, 0.4) is 0 Å². The molecule has 170 valence electrons. The Balaban J connectivity index is 1.52. The van der Waals surface area contributed by atoms with E-state index in [0.717, 1.165) is 12.3 Å². The summed E-state index contributed by atoms with van der Waals surface area (Å²) in [6, 6.07) is 3.29. The molecule has 0 aliphatic heterocycles. The third kappa shape index (κ3) is 5.77. The van der Waals surface area contributed by atoms with Gasteiger partial charge in [0, 0.05) is 0 Å². The summed E-state index contributed by atoms with van der Waals surface area (Å²) >= 11 is 0. The molecule has 0 aromatic heterocycles. The number of rotatable bonds is 10. The molecule has 1 aromatic rings. The molecule has 0 saturated heterocycles. The van der Waals surface area contributed by atoms with Gasteiger partial charge in [-0.3, -0.25) is 0 Å². The van der Waals surface area contributed by atoms with Gasteiger partial charge in [-0.1, -0.05) is 64.4 Å². The maximum absolute atomic E-state index is 14.4. The van der Waals surface area contributed by atoms with E-state index in [2.05, 4.69) is 6.92 Å². The van der Waals surface area contributed by atoms with Crippen LogP contribution in [0.2, 0.25) is 0 Å². The molecular formula is C27H42F2O. The van der Waals surface area contributed by atoms with Gasteiger partial charge in [-0.15, -0.1) is 0 Å². The zero-order valence-electron chi connectivity index (χ0n) is 19.3. The molecule has 0 amide bonds.